The van der Waals surface area contributed by atoms with E-state index in [0.29, 0.717) is 17.9 Å². The molecule has 31 heavy (non-hydrogen) atoms. The molecule has 1 amide bonds. The second-order valence-corrected chi connectivity index (χ2v) is 9.80. The predicted octanol–water partition coefficient (Wildman–Crippen LogP) is 3.75. The molecule has 1 aromatic carbocycles. The lowest BCUT2D eigenvalue weighted by Gasteiger charge is -2.38. The van der Waals surface area contributed by atoms with Gasteiger partial charge in [-0.15, -0.1) is 0 Å². The van der Waals surface area contributed by atoms with Crippen molar-refractivity contribution >= 4 is 5.91 Å². The van der Waals surface area contributed by atoms with E-state index < -0.39 is 0 Å². The second-order valence-electron chi connectivity index (χ2n) is 9.80. The number of hydrazine groups is 1. The van der Waals surface area contributed by atoms with E-state index in [1.807, 2.05) is 6.07 Å². The summed E-state index contributed by atoms with van der Waals surface area (Å²) in [6, 6.07) is 7.55. The summed E-state index contributed by atoms with van der Waals surface area (Å²) in [4.78, 5) is 12.8. The van der Waals surface area contributed by atoms with E-state index in [2.05, 4.69) is 28.0 Å². The molecule has 3 N–H and O–H groups in total. The zero-order valence-corrected chi connectivity index (χ0v) is 18.9. The number of nitrogens with zero attached hydrogens (tertiary/aromatic N) is 1. The number of rotatable bonds is 10. The van der Waals surface area contributed by atoms with Gasteiger partial charge in [0, 0.05) is 19.1 Å². The molecule has 6 heteroatoms. The quantitative estimate of drug-likeness (QED) is 0.495. The first-order valence-corrected chi connectivity index (χ1v) is 12.4. The van der Waals surface area contributed by atoms with Crippen LogP contribution in [-0.4, -0.2) is 42.3 Å². The first-order valence-electron chi connectivity index (χ1n) is 12.4. The molecule has 2 saturated heterocycles. The smallest absolute Gasteiger partial charge is 0.239 e. The van der Waals surface area contributed by atoms with Gasteiger partial charge < -0.3 is 5.32 Å². The standard InChI is InChI=1S/C25H39FN4O/c1-2-3-4-5-8-19-16-24(27-17-20(19)14-18-7-6-9-21(26)15-18)28-25(31)23-12-13-30(29-23)22-10-11-22/h6-7,9,15,19-20,22-24,27,29H,2-5,8,10-14,16-17H2,1H3,(H,28,31). The maximum atomic E-state index is 13.7. The van der Waals surface area contributed by atoms with E-state index >= 15 is 0 Å². The Morgan fingerprint density at radius 3 is 2.84 bits per heavy atom. The van der Waals surface area contributed by atoms with Gasteiger partial charge in [0.15, 0.2) is 0 Å². The summed E-state index contributed by atoms with van der Waals surface area (Å²) in [5.41, 5.74) is 4.48. The van der Waals surface area contributed by atoms with E-state index in [1.54, 1.807) is 12.1 Å². The van der Waals surface area contributed by atoms with Crippen LogP contribution in [0.25, 0.3) is 0 Å². The Labute approximate surface area is 186 Å². The Morgan fingerprint density at radius 2 is 2.06 bits per heavy atom. The average molecular weight is 431 g/mol. The van der Waals surface area contributed by atoms with Gasteiger partial charge in [-0.05, 0) is 68.1 Å². The minimum Gasteiger partial charge on any atom is -0.339 e. The number of carbonyl (C=O) groups excluding carboxylic acids is 1. The van der Waals surface area contributed by atoms with Gasteiger partial charge in [0.1, 0.15) is 11.9 Å². The highest BCUT2D eigenvalue weighted by Crippen LogP contribution is 2.31. The second kappa shape index (κ2) is 10.9. The van der Waals surface area contributed by atoms with Crippen LogP contribution in [0.4, 0.5) is 4.39 Å². The van der Waals surface area contributed by atoms with E-state index in [0.717, 1.165) is 37.9 Å². The van der Waals surface area contributed by atoms with Gasteiger partial charge in [0.2, 0.25) is 5.91 Å². The Morgan fingerprint density at radius 1 is 1.19 bits per heavy atom. The Balaban J connectivity index is 1.31. The van der Waals surface area contributed by atoms with E-state index in [-0.39, 0.29) is 23.9 Å². The molecule has 0 radical (unpaired) electrons. The third kappa shape index (κ3) is 6.50. The molecule has 4 rings (SSSR count). The van der Waals surface area contributed by atoms with E-state index in [4.69, 9.17) is 0 Å². The van der Waals surface area contributed by atoms with Crippen LogP contribution in [-0.2, 0) is 11.2 Å². The van der Waals surface area contributed by atoms with Gasteiger partial charge in [-0.25, -0.2) is 14.8 Å². The number of nitrogens with one attached hydrogen (secondary N) is 3. The van der Waals surface area contributed by atoms with Crippen molar-refractivity contribution < 1.29 is 9.18 Å². The van der Waals surface area contributed by atoms with Gasteiger partial charge in [0.05, 0.1) is 6.17 Å². The Hall–Kier alpha value is -1.50. The van der Waals surface area contributed by atoms with Crippen LogP contribution in [0.3, 0.4) is 0 Å². The van der Waals surface area contributed by atoms with Crippen LogP contribution in [0.5, 0.6) is 0 Å². The number of hydrogen-bond donors (Lipinski definition) is 3. The molecule has 3 aliphatic rings. The fraction of sp³-hybridized carbons (Fsp3) is 0.720. The summed E-state index contributed by atoms with van der Waals surface area (Å²) < 4.78 is 13.7. The van der Waals surface area contributed by atoms with Gasteiger partial charge in [-0.1, -0.05) is 44.7 Å². The minimum absolute atomic E-state index is 0.0317. The lowest BCUT2D eigenvalue weighted by atomic mass is 9.78. The SMILES string of the molecule is CCCCCCC1CC(NC(=O)C2CCN(C3CC3)N2)NCC1Cc1cccc(F)c1. The van der Waals surface area contributed by atoms with Crippen molar-refractivity contribution in [2.24, 2.45) is 11.8 Å². The number of benzene rings is 1. The fourth-order valence-electron chi connectivity index (χ4n) is 5.27. The number of unbranched alkanes of at least 4 members (excludes halogenated alkanes) is 3. The first-order chi connectivity index (χ1) is 15.1. The molecule has 0 bridgehead atoms. The topological polar surface area (TPSA) is 56.4 Å². The maximum Gasteiger partial charge on any atom is 0.239 e. The summed E-state index contributed by atoms with van der Waals surface area (Å²) in [5, 5.41) is 9.09. The molecule has 5 nitrogen and oxygen atoms in total. The lowest BCUT2D eigenvalue weighted by Crippen LogP contribution is -2.56. The van der Waals surface area contributed by atoms with Gasteiger partial charge >= 0.3 is 0 Å². The van der Waals surface area contributed by atoms with Crippen molar-refractivity contribution in [2.75, 3.05) is 13.1 Å². The van der Waals surface area contributed by atoms with Crippen LogP contribution in [0.2, 0.25) is 0 Å². The molecule has 1 aromatic rings. The largest absolute Gasteiger partial charge is 0.339 e. The first kappa shape index (κ1) is 22.7. The predicted molar refractivity (Wildman–Crippen MR) is 122 cm³/mol. The number of halogens is 1. The van der Waals surface area contributed by atoms with Crippen molar-refractivity contribution in [3.05, 3.63) is 35.6 Å². The number of hydrogen-bond acceptors (Lipinski definition) is 4. The lowest BCUT2D eigenvalue weighted by molar-refractivity contribution is -0.124. The van der Waals surface area contributed by atoms with Crippen molar-refractivity contribution in [3.63, 3.8) is 0 Å². The highest BCUT2D eigenvalue weighted by atomic mass is 19.1. The fourth-order valence-corrected chi connectivity index (χ4v) is 5.27. The number of carbonyl (C=O) groups is 1. The molecular weight excluding hydrogens is 391 g/mol. The summed E-state index contributed by atoms with van der Waals surface area (Å²) >= 11 is 0. The van der Waals surface area contributed by atoms with Crippen LogP contribution in [0.15, 0.2) is 24.3 Å². The molecular formula is C25H39FN4O. The molecule has 0 aromatic heterocycles. The monoisotopic (exact) mass is 430 g/mol. The van der Waals surface area contributed by atoms with Gasteiger partial charge in [-0.3, -0.25) is 10.1 Å². The zero-order chi connectivity index (χ0) is 21.6. The van der Waals surface area contributed by atoms with Crippen LogP contribution in [0.1, 0.15) is 70.3 Å². The Bertz CT molecular complexity index is 725. The van der Waals surface area contributed by atoms with Crippen LogP contribution in [0, 0.1) is 17.7 Å². The minimum atomic E-state index is -0.157. The molecule has 172 valence electrons. The molecule has 0 spiro atoms. The van der Waals surface area contributed by atoms with Crippen molar-refractivity contribution in [3.8, 4) is 0 Å². The third-order valence-corrected chi connectivity index (χ3v) is 7.25. The normalized spacial score (nSPS) is 29.2. The van der Waals surface area contributed by atoms with Crippen molar-refractivity contribution in [1.82, 2.24) is 21.1 Å². The van der Waals surface area contributed by atoms with E-state index in [1.165, 1.54) is 51.0 Å². The summed E-state index contributed by atoms with van der Waals surface area (Å²) in [6.45, 7) is 4.08. The zero-order valence-electron chi connectivity index (χ0n) is 18.9. The molecule has 3 fully saturated rings. The average Bonchev–Trinajstić information content (AvgIpc) is 3.49. The molecule has 1 saturated carbocycles. The van der Waals surface area contributed by atoms with Gasteiger partial charge in [0.25, 0.3) is 0 Å². The molecule has 4 unspecified atom stereocenters. The number of piperidine rings is 1. The molecule has 2 heterocycles. The van der Waals surface area contributed by atoms with E-state index in [9.17, 15) is 9.18 Å². The summed E-state index contributed by atoms with van der Waals surface area (Å²) in [6.07, 6.45) is 11.5. The molecule has 4 atom stereocenters. The Kier molecular flexibility index (Phi) is 7.96. The van der Waals surface area contributed by atoms with Crippen LogP contribution >= 0.6 is 0 Å². The molecule has 1 aliphatic carbocycles. The van der Waals surface area contributed by atoms with Crippen molar-refractivity contribution in [2.45, 2.75) is 89.4 Å². The highest BCUT2D eigenvalue weighted by Gasteiger charge is 2.38. The van der Waals surface area contributed by atoms with Gasteiger partial charge in [-0.2, -0.15) is 0 Å². The van der Waals surface area contributed by atoms with Crippen molar-refractivity contribution in [1.29, 1.82) is 0 Å². The molecule has 2 aliphatic heterocycles. The highest BCUT2D eigenvalue weighted by molar-refractivity contribution is 5.82. The summed E-state index contributed by atoms with van der Waals surface area (Å²) in [5.74, 6) is 0.988. The summed E-state index contributed by atoms with van der Waals surface area (Å²) in [7, 11) is 0. The van der Waals surface area contributed by atoms with Crippen LogP contribution < -0.4 is 16.1 Å². The third-order valence-electron chi connectivity index (χ3n) is 7.25. The maximum absolute atomic E-state index is 13.7. The number of amides is 1.